The molecule has 1 amide bonds. The average molecular weight is 398 g/mol. The fourth-order valence-electron chi connectivity index (χ4n) is 4.75. The number of carbonyl (C=O) groups excluding carboxylic acids is 1. The van der Waals surface area contributed by atoms with Gasteiger partial charge < -0.3 is 14.0 Å². The van der Waals surface area contributed by atoms with E-state index >= 15 is 0 Å². The average Bonchev–Trinajstić information content (AvgIpc) is 3.35. The molecule has 6 nitrogen and oxygen atoms in total. The van der Waals surface area contributed by atoms with Gasteiger partial charge >= 0.3 is 0 Å². The first-order chi connectivity index (χ1) is 13.7. The van der Waals surface area contributed by atoms with Crippen molar-refractivity contribution in [3.8, 4) is 0 Å². The van der Waals surface area contributed by atoms with Gasteiger partial charge in [-0.25, -0.2) is 0 Å². The van der Waals surface area contributed by atoms with Crippen molar-refractivity contribution in [1.29, 1.82) is 0 Å². The van der Waals surface area contributed by atoms with Crippen molar-refractivity contribution in [2.45, 2.75) is 51.1 Å². The molecule has 1 saturated heterocycles. The lowest BCUT2D eigenvalue weighted by molar-refractivity contribution is 0.0718. The van der Waals surface area contributed by atoms with Gasteiger partial charge in [0.05, 0.1) is 11.1 Å². The number of rotatable bonds is 2. The number of fused-ring (bicyclic) bond motifs is 2. The molecule has 4 heterocycles. The standard InChI is InChI=1S/C21H24ClN5O/c1-25-15-9-5-4-8-14(15)18(22)19(25)21(28)26-13-7-10-16(26)20-24-23-17-11-3-2-6-12-27(17)20/h4-5,8-9,16H,2-3,6-7,10-13H2,1H3. The van der Waals surface area contributed by atoms with Crippen LogP contribution in [0.3, 0.4) is 0 Å². The normalized spacial score (nSPS) is 19.8. The molecule has 0 saturated carbocycles. The zero-order valence-corrected chi connectivity index (χ0v) is 16.8. The second kappa shape index (κ2) is 6.92. The highest BCUT2D eigenvalue weighted by molar-refractivity contribution is 6.38. The topological polar surface area (TPSA) is 56.0 Å². The van der Waals surface area contributed by atoms with Gasteiger partial charge in [0.1, 0.15) is 11.5 Å². The summed E-state index contributed by atoms with van der Waals surface area (Å²) in [7, 11) is 1.91. The Balaban J connectivity index is 1.53. The number of likely N-dealkylation sites (tertiary alicyclic amines) is 1. The van der Waals surface area contributed by atoms with Crippen LogP contribution in [0.25, 0.3) is 10.9 Å². The molecule has 3 aromatic rings. The maximum atomic E-state index is 13.6. The number of carbonyl (C=O) groups is 1. The van der Waals surface area contributed by atoms with Crippen LogP contribution in [0.15, 0.2) is 24.3 Å². The van der Waals surface area contributed by atoms with E-state index in [1.807, 2.05) is 40.8 Å². The Bertz CT molecular complexity index is 1010. The van der Waals surface area contributed by atoms with Crippen molar-refractivity contribution < 1.29 is 4.79 Å². The summed E-state index contributed by atoms with van der Waals surface area (Å²) in [6, 6.07) is 7.86. The predicted molar refractivity (Wildman–Crippen MR) is 109 cm³/mol. The zero-order chi connectivity index (χ0) is 19.3. The van der Waals surface area contributed by atoms with Crippen LogP contribution in [0.4, 0.5) is 0 Å². The third-order valence-corrected chi connectivity index (χ3v) is 6.58. The van der Waals surface area contributed by atoms with Crippen molar-refractivity contribution in [2.24, 2.45) is 7.05 Å². The number of halogens is 1. The zero-order valence-electron chi connectivity index (χ0n) is 16.1. The molecule has 5 rings (SSSR count). The number of nitrogens with zero attached hydrogens (tertiary/aromatic N) is 5. The molecule has 1 aromatic carbocycles. The summed E-state index contributed by atoms with van der Waals surface area (Å²) in [6.07, 6.45) is 6.40. The molecular weight excluding hydrogens is 374 g/mol. The first kappa shape index (κ1) is 17.7. The largest absolute Gasteiger partial charge is 0.338 e. The van der Waals surface area contributed by atoms with E-state index in [-0.39, 0.29) is 11.9 Å². The van der Waals surface area contributed by atoms with Gasteiger partial charge in [0, 0.05) is 37.5 Å². The van der Waals surface area contributed by atoms with E-state index in [0.717, 1.165) is 67.7 Å². The van der Waals surface area contributed by atoms with Crippen molar-refractivity contribution in [2.75, 3.05) is 6.54 Å². The van der Waals surface area contributed by atoms with Crippen molar-refractivity contribution in [3.05, 3.63) is 46.6 Å². The summed E-state index contributed by atoms with van der Waals surface area (Å²) in [5.74, 6) is 1.99. The van der Waals surface area contributed by atoms with Crippen LogP contribution in [0, 0.1) is 0 Å². The minimum absolute atomic E-state index is 0.0165. The minimum Gasteiger partial charge on any atom is -0.338 e. The number of aryl methyl sites for hydroxylation is 2. The summed E-state index contributed by atoms with van der Waals surface area (Å²) in [5.41, 5.74) is 1.54. The van der Waals surface area contributed by atoms with Gasteiger partial charge in [0.15, 0.2) is 5.82 Å². The summed E-state index contributed by atoms with van der Waals surface area (Å²) < 4.78 is 4.17. The Morgan fingerprint density at radius 2 is 1.96 bits per heavy atom. The molecule has 1 atom stereocenters. The monoisotopic (exact) mass is 397 g/mol. The molecule has 28 heavy (non-hydrogen) atoms. The Labute approximate surface area is 169 Å². The number of hydrogen-bond acceptors (Lipinski definition) is 3. The van der Waals surface area contributed by atoms with Gasteiger partial charge in [0.25, 0.3) is 5.91 Å². The van der Waals surface area contributed by atoms with Gasteiger partial charge in [-0.1, -0.05) is 36.2 Å². The molecule has 0 N–H and O–H groups in total. The molecule has 2 aromatic heterocycles. The number of hydrogen-bond donors (Lipinski definition) is 0. The van der Waals surface area contributed by atoms with E-state index in [4.69, 9.17) is 11.6 Å². The molecule has 0 spiro atoms. The first-order valence-electron chi connectivity index (χ1n) is 10.1. The van der Waals surface area contributed by atoms with E-state index in [1.165, 1.54) is 6.42 Å². The van der Waals surface area contributed by atoms with E-state index in [1.54, 1.807) is 0 Å². The molecular formula is C21H24ClN5O. The highest BCUT2D eigenvalue weighted by Gasteiger charge is 2.37. The Kier molecular flexibility index (Phi) is 4.38. The molecule has 1 fully saturated rings. The molecule has 0 bridgehead atoms. The smallest absolute Gasteiger partial charge is 0.272 e. The van der Waals surface area contributed by atoms with E-state index < -0.39 is 0 Å². The van der Waals surface area contributed by atoms with Crippen LogP contribution in [0.1, 0.15) is 60.3 Å². The SMILES string of the molecule is Cn1c(C(=O)N2CCCC2c2nnc3n2CCCCC3)c(Cl)c2ccccc21. The van der Waals surface area contributed by atoms with Crippen molar-refractivity contribution >= 4 is 28.4 Å². The van der Waals surface area contributed by atoms with Crippen LogP contribution in [-0.4, -0.2) is 36.7 Å². The highest BCUT2D eigenvalue weighted by atomic mass is 35.5. The first-order valence-corrected chi connectivity index (χ1v) is 10.5. The van der Waals surface area contributed by atoms with Gasteiger partial charge in [-0.2, -0.15) is 0 Å². The van der Waals surface area contributed by atoms with Crippen LogP contribution >= 0.6 is 11.6 Å². The van der Waals surface area contributed by atoms with Crippen molar-refractivity contribution in [3.63, 3.8) is 0 Å². The molecule has 7 heteroatoms. The molecule has 0 aliphatic carbocycles. The minimum atomic E-state index is -0.0269. The lowest BCUT2D eigenvalue weighted by atomic mass is 10.2. The second-order valence-electron chi connectivity index (χ2n) is 7.83. The van der Waals surface area contributed by atoms with Crippen molar-refractivity contribution in [1.82, 2.24) is 24.2 Å². The van der Waals surface area contributed by atoms with Crippen LogP contribution in [0.2, 0.25) is 5.02 Å². The summed E-state index contributed by atoms with van der Waals surface area (Å²) in [6.45, 7) is 1.68. The Morgan fingerprint density at radius 3 is 2.82 bits per heavy atom. The number of amides is 1. The van der Waals surface area contributed by atoms with Crippen LogP contribution in [0.5, 0.6) is 0 Å². The van der Waals surface area contributed by atoms with Gasteiger partial charge in [-0.05, 0) is 31.7 Å². The number of aromatic nitrogens is 4. The molecule has 2 aliphatic rings. The molecule has 146 valence electrons. The number of benzene rings is 1. The van der Waals surface area contributed by atoms with Crippen LogP contribution < -0.4 is 0 Å². The highest BCUT2D eigenvalue weighted by Crippen LogP contribution is 2.37. The lowest BCUT2D eigenvalue weighted by Gasteiger charge is -2.25. The fraction of sp³-hybridized carbons (Fsp3) is 0.476. The summed E-state index contributed by atoms with van der Waals surface area (Å²) in [5, 5.41) is 10.4. The third kappa shape index (κ3) is 2.65. The maximum absolute atomic E-state index is 13.6. The van der Waals surface area contributed by atoms with Gasteiger partial charge in [-0.3, -0.25) is 4.79 Å². The Morgan fingerprint density at radius 1 is 1.11 bits per heavy atom. The molecule has 1 unspecified atom stereocenters. The van der Waals surface area contributed by atoms with E-state index in [0.29, 0.717) is 10.7 Å². The van der Waals surface area contributed by atoms with Crippen LogP contribution in [-0.2, 0) is 20.0 Å². The summed E-state index contributed by atoms with van der Waals surface area (Å²) in [4.78, 5) is 15.5. The Hall–Kier alpha value is -2.34. The summed E-state index contributed by atoms with van der Waals surface area (Å²) >= 11 is 6.64. The second-order valence-corrected chi connectivity index (χ2v) is 8.21. The third-order valence-electron chi connectivity index (χ3n) is 6.20. The molecule has 2 aliphatic heterocycles. The number of para-hydroxylation sites is 1. The lowest BCUT2D eigenvalue weighted by Crippen LogP contribution is -2.33. The quantitative estimate of drug-likeness (QED) is 0.653. The van der Waals surface area contributed by atoms with Gasteiger partial charge in [-0.15, -0.1) is 10.2 Å². The fourth-order valence-corrected chi connectivity index (χ4v) is 5.12. The van der Waals surface area contributed by atoms with E-state index in [2.05, 4.69) is 14.8 Å². The maximum Gasteiger partial charge on any atom is 0.272 e. The predicted octanol–water partition coefficient (Wildman–Crippen LogP) is 4.13. The van der Waals surface area contributed by atoms with E-state index in [9.17, 15) is 4.79 Å². The van der Waals surface area contributed by atoms with Gasteiger partial charge in [0.2, 0.25) is 0 Å². The molecule has 0 radical (unpaired) electrons.